The molecular formula is C18H13F5N3NaO2. The Morgan fingerprint density at radius 1 is 1.14 bits per heavy atom. The molecule has 0 unspecified atom stereocenters. The third-order valence-electron chi connectivity index (χ3n) is 3.80. The minimum Gasteiger partial charge on any atom is -1.00 e. The van der Waals surface area contributed by atoms with Crippen LogP contribution in [0.15, 0.2) is 48.7 Å². The number of halogens is 5. The van der Waals surface area contributed by atoms with Gasteiger partial charge in [-0.15, -0.1) is 0 Å². The zero-order valence-corrected chi connectivity index (χ0v) is 17.0. The van der Waals surface area contributed by atoms with E-state index in [0.717, 1.165) is 35.0 Å². The molecule has 0 bridgehead atoms. The topological polar surface area (TPSA) is 67.2 Å². The number of aromatic hydroxyl groups is 1. The summed E-state index contributed by atoms with van der Waals surface area (Å²) in [6, 6.07) is 7.02. The molecule has 0 radical (unpaired) electrons. The molecule has 3 aromatic rings. The monoisotopic (exact) mass is 421 g/mol. The minimum absolute atomic E-state index is 0. The molecule has 1 amide bonds. The van der Waals surface area contributed by atoms with Gasteiger partial charge in [-0.05, 0) is 29.8 Å². The molecule has 2 N–H and O–H groups in total. The number of carbonyl (C=O) groups excluding carboxylic acids is 1. The summed E-state index contributed by atoms with van der Waals surface area (Å²) in [6.07, 6.45) is -3.39. The number of phenols is 1. The van der Waals surface area contributed by atoms with Crippen LogP contribution in [-0.4, -0.2) is 20.8 Å². The molecule has 3 rings (SSSR count). The van der Waals surface area contributed by atoms with Crippen molar-refractivity contribution < 1.29 is 62.8 Å². The molecule has 0 aliphatic carbocycles. The molecular weight excluding hydrogens is 408 g/mol. The van der Waals surface area contributed by atoms with Crippen LogP contribution in [0, 0.1) is 11.6 Å². The van der Waals surface area contributed by atoms with Gasteiger partial charge in [0.15, 0.2) is 5.82 Å². The normalized spacial score (nSPS) is 11.1. The van der Waals surface area contributed by atoms with E-state index in [4.69, 9.17) is 0 Å². The Morgan fingerprint density at radius 2 is 1.79 bits per heavy atom. The van der Waals surface area contributed by atoms with E-state index in [1.807, 2.05) is 0 Å². The fourth-order valence-corrected chi connectivity index (χ4v) is 2.55. The van der Waals surface area contributed by atoms with Crippen LogP contribution in [-0.2, 0) is 12.7 Å². The predicted molar refractivity (Wildman–Crippen MR) is 89.9 cm³/mol. The molecule has 0 spiro atoms. The number of carbonyl (C=O) groups is 1. The Morgan fingerprint density at radius 3 is 2.41 bits per heavy atom. The second-order valence-corrected chi connectivity index (χ2v) is 5.79. The van der Waals surface area contributed by atoms with Crippen LogP contribution < -0.4 is 34.9 Å². The first-order chi connectivity index (χ1) is 13.1. The third kappa shape index (κ3) is 5.34. The molecule has 0 fully saturated rings. The van der Waals surface area contributed by atoms with E-state index in [2.05, 4.69) is 10.4 Å². The van der Waals surface area contributed by atoms with E-state index in [0.29, 0.717) is 6.07 Å². The Hall–Kier alpha value is -2.43. The van der Waals surface area contributed by atoms with Crippen LogP contribution in [0.1, 0.15) is 22.9 Å². The van der Waals surface area contributed by atoms with Gasteiger partial charge in [-0.2, -0.15) is 18.3 Å². The second-order valence-electron chi connectivity index (χ2n) is 5.79. The standard InChI is InChI=1S/C18H12F5N3O2.Na.H/c19-13-2-1-3-14(20)16(13)17(28)24-15-6-7-26(25-15)9-10-4-5-11(27)8-12(10)18(21,22)23;;/h1-8,27H,9H2,(H,24,25,28);;/q;+1;-1. The average Bonchev–Trinajstić information content (AvgIpc) is 3.02. The van der Waals surface area contributed by atoms with E-state index in [1.54, 1.807) is 0 Å². The quantitative estimate of drug-likeness (QED) is 0.493. The fraction of sp³-hybridized carbons (Fsp3) is 0.111. The van der Waals surface area contributed by atoms with Crippen LogP contribution >= 0.6 is 0 Å². The van der Waals surface area contributed by atoms with Gasteiger partial charge in [-0.25, -0.2) is 8.78 Å². The van der Waals surface area contributed by atoms with Gasteiger partial charge in [0.1, 0.15) is 22.9 Å². The summed E-state index contributed by atoms with van der Waals surface area (Å²) >= 11 is 0. The molecule has 0 saturated carbocycles. The molecule has 148 valence electrons. The van der Waals surface area contributed by atoms with Gasteiger partial charge in [0.2, 0.25) is 0 Å². The number of rotatable bonds is 4. The van der Waals surface area contributed by atoms with Crippen molar-refractivity contribution in [3.05, 3.63) is 77.0 Å². The number of aromatic nitrogens is 2. The summed E-state index contributed by atoms with van der Waals surface area (Å²) in [6.45, 7) is -0.306. The maximum Gasteiger partial charge on any atom is 1.00 e. The number of nitrogens with one attached hydrogen (secondary N) is 1. The van der Waals surface area contributed by atoms with Crippen LogP contribution in [0.3, 0.4) is 0 Å². The van der Waals surface area contributed by atoms with E-state index < -0.39 is 40.6 Å². The SMILES string of the molecule is O=C(Nc1ccn(Cc2ccc(O)cc2C(F)(F)F)n1)c1c(F)cccc1F.[H-].[Na+]. The van der Waals surface area contributed by atoms with Crippen molar-refractivity contribution in [1.29, 1.82) is 0 Å². The number of amides is 1. The largest absolute Gasteiger partial charge is 1.00 e. The number of benzene rings is 2. The van der Waals surface area contributed by atoms with E-state index in [-0.39, 0.29) is 48.9 Å². The molecule has 1 aromatic heterocycles. The molecule has 0 saturated heterocycles. The van der Waals surface area contributed by atoms with Crippen molar-refractivity contribution in [1.82, 2.24) is 9.78 Å². The number of anilines is 1. The Balaban J connectivity index is 0.00000225. The smallest absolute Gasteiger partial charge is 1.00 e. The number of hydrogen-bond acceptors (Lipinski definition) is 3. The van der Waals surface area contributed by atoms with Crippen LogP contribution in [0.4, 0.5) is 27.8 Å². The first-order valence-corrected chi connectivity index (χ1v) is 7.83. The van der Waals surface area contributed by atoms with Gasteiger partial charge in [-0.3, -0.25) is 9.48 Å². The van der Waals surface area contributed by atoms with Crippen molar-refractivity contribution in [3.63, 3.8) is 0 Å². The first kappa shape index (κ1) is 22.9. The number of alkyl halides is 3. The first-order valence-electron chi connectivity index (χ1n) is 7.83. The predicted octanol–water partition coefficient (Wildman–Crippen LogP) is 1.30. The van der Waals surface area contributed by atoms with Gasteiger partial charge in [0.05, 0.1) is 12.1 Å². The van der Waals surface area contributed by atoms with Crippen molar-refractivity contribution in [2.24, 2.45) is 0 Å². The molecule has 0 atom stereocenters. The van der Waals surface area contributed by atoms with Crippen molar-refractivity contribution in [3.8, 4) is 5.75 Å². The average molecular weight is 421 g/mol. The molecule has 0 aliphatic heterocycles. The maximum atomic E-state index is 13.6. The summed E-state index contributed by atoms with van der Waals surface area (Å²) in [5.74, 6) is -3.83. The molecule has 11 heteroatoms. The zero-order valence-electron chi connectivity index (χ0n) is 16.0. The molecule has 1 heterocycles. The van der Waals surface area contributed by atoms with Gasteiger partial charge in [0.25, 0.3) is 5.91 Å². The van der Waals surface area contributed by atoms with E-state index in [1.165, 1.54) is 12.3 Å². The summed E-state index contributed by atoms with van der Waals surface area (Å²) in [4.78, 5) is 12.0. The Bertz CT molecular complexity index is 1020. The van der Waals surface area contributed by atoms with Gasteiger partial charge in [0, 0.05) is 12.3 Å². The number of hydrogen-bond donors (Lipinski definition) is 2. The molecule has 5 nitrogen and oxygen atoms in total. The Kier molecular flexibility index (Phi) is 7.04. The summed E-state index contributed by atoms with van der Waals surface area (Å²) in [7, 11) is 0. The fourth-order valence-electron chi connectivity index (χ4n) is 2.55. The third-order valence-corrected chi connectivity index (χ3v) is 3.80. The van der Waals surface area contributed by atoms with Crippen molar-refractivity contribution in [2.45, 2.75) is 12.7 Å². The van der Waals surface area contributed by atoms with Crippen LogP contribution in [0.25, 0.3) is 0 Å². The van der Waals surface area contributed by atoms with Crippen molar-refractivity contribution in [2.75, 3.05) is 5.32 Å². The molecule has 2 aromatic carbocycles. The van der Waals surface area contributed by atoms with Crippen LogP contribution in [0.2, 0.25) is 0 Å². The number of nitrogens with zero attached hydrogens (tertiary/aromatic N) is 2. The minimum atomic E-state index is -4.68. The molecule has 29 heavy (non-hydrogen) atoms. The van der Waals surface area contributed by atoms with E-state index >= 15 is 0 Å². The second kappa shape index (κ2) is 8.93. The Labute approximate surface area is 184 Å². The summed E-state index contributed by atoms with van der Waals surface area (Å²) in [5.41, 5.74) is -1.98. The van der Waals surface area contributed by atoms with Gasteiger partial charge in [-0.1, -0.05) is 12.1 Å². The zero-order chi connectivity index (χ0) is 20.5. The van der Waals surface area contributed by atoms with Crippen molar-refractivity contribution >= 4 is 11.7 Å². The summed E-state index contributed by atoms with van der Waals surface area (Å²) in [5, 5.41) is 15.4. The van der Waals surface area contributed by atoms with Gasteiger partial charge < -0.3 is 11.8 Å². The summed E-state index contributed by atoms with van der Waals surface area (Å²) < 4.78 is 67.7. The van der Waals surface area contributed by atoms with E-state index in [9.17, 15) is 31.9 Å². The van der Waals surface area contributed by atoms with Crippen LogP contribution in [0.5, 0.6) is 5.75 Å². The molecule has 0 aliphatic rings. The van der Waals surface area contributed by atoms with Gasteiger partial charge >= 0.3 is 35.7 Å². The maximum absolute atomic E-state index is 13.6. The number of phenolic OH excluding ortho intramolecular Hbond substituents is 1.